The highest BCUT2D eigenvalue weighted by Crippen LogP contribution is 2.22. The lowest BCUT2D eigenvalue weighted by molar-refractivity contribution is -0.125. The van der Waals surface area contributed by atoms with Crippen LogP contribution in [0, 0.1) is 11.8 Å². The highest BCUT2D eigenvalue weighted by atomic mass is 16.3. The van der Waals surface area contributed by atoms with E-state index in [1.54, 1.807) is 24.3 Å². The average molecular weight is 518 g/mol. The molecule has 0 radical (unpaired) electrons. The van der Waals surface area contributed by atoms with Gasteiger partial charge in [0.15, 0.2) is 5.78 Å². The molecule has 38 heavy (non-hydrogen) atoms. The van der Waals surface area contributed by atoms with Crippen LogP contribution in [-0.2, 0) is 11.3 Å². The first-order chi connectivity index (χ1) is 18.4. The lowest BCUT2D eigenvalue weighted by Crippen LogP contribution is -2.48. The number of amides is 1. The van der Waals surface area contributed by atoms with E-state index in [1.807, 2.05) is 0 Å². The van der Waals surface area contributed by atoms with Gasteiger partial charge in [-0.15, -0.1) is 0 Å². The van der Waals surface area contributed by atoms with Crippen LogP contribution in [0.5, 0.6) is 0 Å². The molecule has 3 N–H and O–H groups in total. The fourth-order valence-corrected chi connectivity index (χ4v) is 5.32. The van der Waals surface area contributed by atoms with Gasteiger partial charge in [0.25, 0.3) is 5.91 Å². The van der Waals surface area contributed by atoms with Crippen LogP contribution in [0.1, 0.15) is 66.1 Å². The molecule has 0 bridgehead atoms. The predicted octanol–water partition coefficient (Wildman–Crippen LogP) is 2.58. The van der Waals surface area contributed by atoms with E-state index in [0.717, 1.165) is 36.8 Å². The Labute approximate surface area is 225 Å². The summed E-state index contributed by atoms with van der Waals surface area (Å²) >= 11 is 0. The van der Waals surface area contributed by atoms with Crippen molar-refractivity contribution in [3.05, 3.63) is 70.8 Å². The van der Waals surface area contributed by atoms with Crippen molar-refractivity contribution < 1.29 is 19.8 Å². The molecule has 2 heterocycles. The normalized spacial score (nSPS) is 18.7. The molecule has 0 aromatic heterocycles. The number of ketones is 1. The number of nitrogens with zero attached hydrogens (tertiary/aromatic N) is 2. The van der Waals surface area contributed by atoms with Crippen molar-refractivity contribution in [1.82, 2.24) is 15.1 Å². The molecule has 0 aliphatic carbocycles. The van der Waals surface area contributed by atoms with Gasteiger partial charge in [0, 0.05) is 29.3 Å². The minimum Gasteiger partial charge on any atom is -0.391 e. The fourth-order valence-electron chi connectivity index (χ4n) is 5.32. The lowest BCUT2D eigenvalue weighted by atomic mass is 9.99. The maximum atomic E-state index is 12.4. The summed E-state index contributed by atoms with van der Waals surface area (Å²) < 4.78 is 0. The Kier molecular flexibility index (Phi) is 10.1. The minimum atomic E-state index is -1.15. The third kappa shape index (κ3) is 7.75. The van der Waals surface area contributed by atoms with E-state index >= 15 is 0 Å². The first-order valence-corrected chi connectivity index (χ1v) is 13.7. The molecular formula is C31H39N3O4. The molecule has 2 saturated heterocycles. The number of benzene rings is 2. The van der Waals surface area contributed by atoms with Gasteiger partial charge < -0.3 is 20.4 Å². The van der Waals surface area contributed by atoms with Gasteiger partial charge >= 0.3 is 0 Å². The summed E-state index contributed by atoms with van der Waals surface area (Å²) in [5, 5.41) is 21.2. The first kappa shape index (κ1) is 28.0. The van der Waals surface area contributed by atoms with E-state index in [4.69, 9.17) is 5.11 Å². The standard InChI is InChI=1S/C31H39N3O4/c1-23(36)30(29(37)22-35)32-31(38)27-13-11-25(12-14-27)6-5-24-7-9-26(10-8-24)21-33-19-15-28(16-20-33)34-17-3-2-4-18-34/h7-14,23,28,30,35-36H,2-4,15-22H2,1H3,(H,32,38)/t23-,30+/m1/s1. The van der Waals surface area contributed by atoms with Gasteiger partial charge in [0.1, 0.15) is 12.6 Å². The predicted molar refractivity (Wildman–Crippen MR) is 148 cm³/mol. The number of nitrogens with one attached hydrogen (secondary N) is 1. The van der Waals surface area contributed by atoms with Gasteiger partial charge in [-0.1, -0.05) is 30.4 Å². The summed E-state index contributed by atoms with van der Waals surface area (Å²) in [6.45, 7) is 6.51. The van der Waals surface area contributed by atoms with E-state index < -0.39 is 30.4 Å². The Morgan fingerprint density at radius 2 is 1.50 bits per heavy atom. The molecular weight excluding hydrogens is 478 g/mol. The number of hydrogen-bond acceptors (Lipinski definition) is 6. The number of carbonyl (C=O) groups excluding carboxylic acids is 2. The van der Waals surface area contributed by atoms with Crippen LogP contribution in [0.15, 0.2) is 48.5 Å². The number of rotatable bonds is 8. The van der Waals surface area contributed by atoms with Gasteiger partial charge in [0.05, 0.1) is 6.10 Å². The van der Waals surface area contributed by atoms with Crippen molar-refractivity contribution in [1.29, 1.82) is 0 Å². The Balaban J connectivity index is 1.26. The Bertz CT molecular complexity index is 1120. The molecule has 7 heteroatoms. The van der Waals surface area contributed by atoms with Crippen molar-refractivity contribution in [2.75, 3.05) is 32.8 Å². The second-order valence-corrected chi connectivity index (χ2v) is 10.4. The highest BCUT2D eigenvalue weighted by molar-refractivity contribution is 5.98. The summed E-state index contributed by atoms with van der Waals surface area (Å²) in [4.78, 5) is 29.4. The Morgan fingerprint density at radius 3 is 2.05 bits per heavy atom. The second kappa shape index (κ2) is 13.7. The number of piperidine rings is 2. The van der Waals surface area contributed by atoms with Gasteiger partial charge in [-0.3, -0.25) is 14.5 Å². The van der Waals surface area contributed by atoms with Crippen LogP contribution in [0.2, 0.25) is 0 Å². The second-order valence-electron chi connectivity index (χ2n) is 10.4. The number of hydrogen-bond donors (Lipinski definition) is 3. The number of aliphatic hydroxyl groups is 2. The van der Waals surface area contributed by atoms with Crippen LogP contribution in [0.25, 0.3) is 0 Å². The molecule has 2 aromatic rings. The van der Waals surface area contributed by atoms with E-state index in [0.29, 0.717) is 5.56 Å². The Morgan fingerprint density at radius 1 is 0.921 bits per heavy atom. The quantitative estimate of drug-likeness (QED) is 0.466. The molecule has 0 unspecified atom stereocenters. The maximum Gasteiger partial charge on any atom is 0.251 e. The summed E-state index contributed by atoms with van der Waals surface area (Å²) in [6.07, 6.45) is 5.55. The third-order valence-corrected chi connectivity index (χ3v) is 7.59. The zero-order valence-corrected chi connectivity index (χ0v) is 22.2. The number of carbonyl (C=O) groups is 2. The summed E-state index contributed by atoms with van der Waals surface area (Å²) in [6, 6.07) is 14.8. The average Bonchev–Trinajstić information content (AvgIpc) is 2.96. The molecule has 1 amide bonds. The third-order valence-electron chi connectivity index (χ3n) is 7.59. The molecule has 2 aromatic carbocycles. The molecule has 202 valence electrons. The largest absolute Gasteiger partial charge is 0.391 e. The zero-order chi connectivity index (χ0) is 26.9. The molecule has 2 atom stereocenters. The number of Topliss-reactive ketones (excluding diaryl/α,β-unsaturated/α-hetero) is 1. The molecule has 7 nitrogen and oxygen atoms in total. The molecule has 2 aliphatic heterocycles. The molecule has 2 aliphatic rings. The number of likely N-dealkylation sites (tertiary alicyclic amines) is 2. The van der Waals surface area contributed by atoms with Crippen LogP contribution >= 0.6 is 0 Å². The number of aliphatic hydroxyl groups excluding tert-OH is 2. The van der Waals surface area contributed by atoms with Crippen LogP contribution in [-0.4, -0.2) is 82.7 Å². The van der Waals surface area contributed by atoms with Gasteiger partial charge in [0.2, 0.25) is 0 Å². The lowest BCUT2D eigenvalue weighted by Gasteiger charge is -2.40. The van der Waals surface area contributed by atoms with Gasteiger partial charge in [-0.2, -0.15) is 0 Å². The summed E-state index contributed by atoms with van der Waals surface area (Å²) in [5.74, 6) is 5.17. The van der Waals surface area contributed by atoms with Crippen LogP contribution < -0.4 is 5.32 Å². The van der Waals surface area contributed by atoms with E-state index in [1.165, 1.54) is 57.7 Å². The smallest absolute Gasteiger partial charge is 0.251 e. The first-order valence-electron chi connectivity index (χ1n) is 13.7. The molecule has 2 fully saturated rings. The van der Waals surface area contributed by atoms with Crippen LogP contribution in [0.3, 0.4) is 0 Å². The van der Waals surface area contributed by atoms with Crippen molar-refractivity contribution >= 4 is 11.7 Å². The Hall–Kier alpha value is -3.02. The fraction of sp³-hybridized carbons (Fsp3) is 0.484. The van der Waals surface area contributed by atoms with E-state index in [9.17, 15) is 14.7 Å². The van der Waals surface area contributed by atoms with E-state index in [2.05, 4.69) is 51.2 Å². The molecule has 4 rings (SSSR count). The maximum absolute atomic E-state index is 12.4. The van der Waals surface area contributed by atoms with Gasteiger partial charge in [-0.05, 0) is 101 Å². The highest BCUT2D eigenvalue weighted by Gasteiger charge is 2.26. The van der Waals surface area contributed by atoms with Crippen LogP contribution in [0.4, 0.5) is 0 Å². The van der Waals surface area contributed by atoms with Crippen molar-refractivity contribution in [3.63, 3.8) is 0 Å². The zero-order valence-electron chi connectivity index (χ0n) is 22.2. The van der Waals surface area contributed by atoms with Crippen molar-refractivity contribution in [3.8, 4) is 11.8 Å². The molecule has 0 spiro atoms. The topological polar surface area (TPSA) is 93.1 Å². The molecule has 0 saturated carbocycles. The minimum absolute atomic E-state index is 0.344. The van der Waals surface area contributed by atoms with Crippen molar-refractivity contribution in [2.45, 2.75) is 63.8 Å². The monoisotopic (exact) mass is 517 g/mol. The summed E-state index contributed by atoms with van der Waals surface area (Å²) in [5.41, 5.74) is 3.34. The van der Waals surface area contributed by atoms with Crippen molar-refractivity contribution in [2.24, 2.45) is 0 Å². The van der Waals surface area contributed by atoms with E-state index in [-0.39, 0.29) is 0 Å². The summed E-state index contributed by atoms with van der Waals surface area (Å²) in [7, 11) is 0. The van der Waals surface area contributed by atoms with Gasteiger partial charge in [-0.25, -0.2) is 0 Å². The SMILES string of the molecule is C[C@@H](O)[C@H](NC(=O)c1ccc(C#Cc2ccc(CN3CCC(N4CCCCC4)CC3)cc2)cc1)C(=O)CO.